The van der Waals surface area contributed by atoms with E-state index in [0.717, 1.165) is 38.1 Å². The summed E-state index contributed by atoms with van der Waals surface area (Å²) in [5.74, 6) is -2.81. The predicted molar refractivity (Wildman–Crippen MR) is 71.6 cm³/mol. The Morgan fingerprint density at radius 3 is 2.50 bits per heavy atom. The van der Waals surface area contributed by atoms with Crippen molar-refractivity contribution in [2.24, 2.45) is 5.73 Å². The van der Waals surface area contributed by atoms with Crippen LogP contribution in [0.15, 0.2) is 12.1 Å². The molecule has 110 valence electrons. The number of nitrogens with zero attached hydrogens (tertiary/aromatic N) is 1. The quantitative estimate of drug-likeness (QED) is 0.871. The molecular formula is C14H18F2N2O2. The van der Waals surface area contributed by atoms with Gasteiger partial charge in [-0.1, -0.05) is 0 Å². The van der Waals surface area contributed by atoms with Gasteiger partial charge in [0.1, 0.15) is 0 Å². The largest absolute Gasteiger partial charge is 0.481 e. The number of hydrogen-bond donors (Lipinski definition) is 2. The topological polar surface area (TPSA) is 66.6 Å². The van der Waals surface area contributed by atoms with Crippen molar-refractivity contribution in [3.05, 3.63) is 29.3 Å². The molecule has 20 heavy (non-hydrogen) atoms. The van der Waals surface area contributed by atoms with Gasteiger partial charge in [-0.25, -0.2) is 8.78 Å². The molecule has 1 aliphatic heterocycles. The van der Waals surface area contributed by atoms with Crippen molar-refractivity contribution >= 4 is 11.7 Å². The molecule has 0 saturated carbocycles. The number of hydrogen-bond acceptors (Lipinski definition) is 3. The highest BCUT2D eigenvalue weighted by molar-refractivity contribution is 5.67. The Labute approximate surface area is 116 Å². The summed E-state index contributed by atoms with van der Waals surface area (Å²) in [6.07, 6.45) is 2.10. The third kappa shape index (κ3) is 3.25. The number of carbonyl (C=O) groups is 1. The summed E-state index contributed by atoms with van der Waals surface area (Å²) in [5.41, 5.74) is 7.01. The van der Waals surface area contributed by atoms with Crippen LogP contribution in [0.3, 0.4) is 0 Å². The van der Waals surface area contributed by atoms with Crippen LogP contribution in [0.25, 0.3) is 0 Å². The first kappa shape index (κ1) is 14.7. The van der Waals surface area contributed by atoms with Crippen molar-refractivity contribution in [1.29, 1.82) is 0 Å². The van der Waals surface area contributed by atoms with Gasteiger partial charge in [-0.2, -0.15) is 0 Å². The third-order valence-electron chi connectivity index (χ3n) is 3.59. The summed E-state index contributed by atoms with van der Waals surface area (Å²) >= 11 is 0. The Kier molecular flexibility index (Phi) is 4.54. The van der Waals surface area contributed by atoms with E-state index in [1.807, 2.05) is 4.90 Å². The Morgan fingerprint density at radius 1 is 1.30 bits per heavy atom. The molecule has 0 amide bonds. The zero-order chi connectivity index (χ0) is 14.7. The van der Waals surface area contributed by atoms with Gasteiger partial charge in [-0.3, -0.25) is 4.79 Å². The van der Waals surface area contributed by atoms with Crippen molar-refractivity contribution in [2.45, 2.75) is 31.7 Å². The van der Waals surface area contributed by atoms with E-state index in [1.54, 1.807) is 0 Å². The number of halogens is 2. The number of carboxylic acids is 1. The minimum Gasteiger partial charge on any atom is -0.481 e. The summed E-state index contributed by atoms with van der Waals surface area (Å²) in [5, 5.41) is 8.69. The van der Waals surface area contributed by atoms with Crippen LogP contribution in [0.4, 0.5) is 14.5 Å². The van der Waals surface area contributed by atoms with E-state index in [1.165, 1.54) is 0 Å². The fourth-order valence-electron chi connectivity index (χ4n) is 2.52. The molecule has 6 heteroatoms. The molecule has 1 aromatic carbocycles. The van der Waals surface area contributed by atoms with E-state index < -0.39 is 23.6 Å². The smallest absolute Gasteiger partial charge is 0.303 e. The first-order chi connectivity index (χ1) is 9.49. The SMILES string of the molecule is NC(CCC(=O)O)c1cc(F)c(F)cc1N1CCCC1. The lowest BCUT2D eigenvalue weighted by Gasteiger charge is -2.24. The van der Waals surface area contributed by atoms with Gasteiger partial charge in [0, 0.05) is 37.3 Å². The lowest BCUT2D eigenvalue weighted by atomic mass is 10.00. The van der Waals surface area contributed by atoms with E-state index in [0.29, 0.717) is 11.3 Å². The van der Waals surface area contributed by atoms with Crippen molar-refractivity contribution in [2.75, 3.05) is 18.0 Å². The molecule has 2 rings (SSSR count). The molecule has 1 saturated heterocycles. The minimum atomic E-state index is -0.953. The molecule has 0 aliphatic carbocycles. The fourth-order valence-corrected chi connectivity index (χ4v) is 2.52. The van der Waals surface area contributed by atoms with Gasteiger partial charge < -0.3 is 15.7 Å². The lowest BCUT2D eigenvalue weighted by molar-refractivity contribution is -0.137. The molecule has 0 aromatic heterocycles. The predicted octanol–water partition coefficient (Wildman–Crippen LogP) is 2.43. The first-order valence-electron chi connectivity index (χ1n) is 6.70. The summed E-state index contributed by atoms with van der Waals surface area (Å²) in [7, 11) is 0. The maximum atomic E-state index is 13.5. The Hall–Kier alpha value is -1.69. The number of rotatable bonds is 5. The maximum Gasteiger partial charge on any atom is 0.303 e. The Bertz CT molecular complexity index is 502. The van der Waals surface area contributed by atoms with Gasteiger partial charge in [-0.05, 0) is 30.9 Å². The molecule has 1 fully saturated rings. The molecule has 0 radical (unpaired) electrons. The van der Waals surface area contributed by atoms with Crippen LogP contribution >= 0.6 is 0 Å². The number of anilines is 1. The van der Waals surface area contributed by atoms with Gasteiger partial charge in [0.15, 0.2) is 11.6 Å². The van der Waals surface area contributed by atoms with Crippen LogP contribution in [0.5, 0.6) is 0 Å². The zero-order valence-corrected chi connectivity index (χ0v) is 11.1. The third-order valence-corrected chi connectivity index (χ3v) is 3.59. The summed E-state index contributed by atoms with van der Waals surface area (Å²) < 4.78 is 26.9. The number of nitrogens with two attached hydrogens (primary N) is 1. The second kappa shape index (κ2) is 6.17. The van der Waals surface area contributed by atoms with Crippen LogP contribution in [-0.4, -0.2) is 24.2 Å². The average molecular weight is 284 g/mol. The second-order valence-corrected chi connectivity index (χ2v) is 5.06. The standard InChI is InChI=1S/C14H18F2N2O2/c15-10-7-9(12(17)3-4-14(19)20)13(8-11(10)16)18-5-1-2-6-18/h7-8,12H,1-6,17H2,(H,19,20). The van der Waals surface area contributed by atoms with Gasteiger partial charge >= 0.3 is 5.97 Å². The number of carboxylic acid groups (broad SMARTS) is 1. The molecule has 1 atom stereocenters. The second-order valence-electron chi connectivity index (χ2n) is 5.06. The van der Waals surface area contributed by atoms with Gasteiger partial charge in [0.2, 0.25) is 0 Å². The molecule has 1 aliphatic rings. The number of benzene rings is 1. The fraction of sp³-hybridized carbons (Fsp3) is 0.500. The van der Waals surface area contributed by atoms with Crippen LogP contribution in [-0.2, 0) is 4.79 Å². The van der Waals surface area contributed by atoms with Crippen LogP contribution in [0.2, 0.25) is 0 Å². The summed E-state index contributed by atoms with van der Waals surface area (Å²) in [4.78, 5) is 12.6. The molecule has 4 nitrogen and oxygen atoms in total. The molecule has 1 unspecified atom stereocenters. The monoisotopic (exact) mass is 284 g/mol. The number of aliphatic carboxylic acids is 1. The minimum absolute atomic E-state index is 0.0976. The molecule has 0 spiro atoms. The van der Waals surface area contributed by atoms with Crippen LogP contribution < -0.4 is 10.6 Å². The van der Waals surface area contributed by atoms with Gasteiger partial charge in [0.05, 0.1) is 0 Å². The molecule has 1 aromatic rings. The summed E-state index contributed by atoms with van der Waals surface area (Å²) in [6.45, 7) is 1.56. The van der Waals surface area contributed by atoms with E-state index in [-0.39, 0.29) is 12.8 Å². The molecule has 3 N–H and O–H groups in total. The zero-order valence-electron chi connectivity index (χ0n) is 11.1. The van der Waals surface area contributed by atoms with Crippen molar-refractivity contribution in [1.82, 2.24) is 0 Å². The Morgan fingerprint density at radius 2 is 1.90 bits per heavy atom. The van der Waals surface area contributed by atoms with Gasteiger partial charge in [0.25, 0.3) is 0 Å². The first-order valence-corrected chi connectivity index (χ1v) is 6.70. The van der Waals surface area contributed by atoms with E-state index in [4.69, 9.17) is 10.8 Å². The average Bonchev–Trinajstić information content (AvgIpc) is 2.92. The lowest BCUT2D eigenvalue weighted by Crippen LogP contribution is -2.23. The Balaban J connectivity index is 2.28. The van der Waals surface area contributed by atoms with Crippen LogP contribution in [0, 0.1) is 11.6 Å². The molecular weight excluding hydrogens is 266 g/mol. The van der Waals surface area contributed by atoms with E-state index in [2.05, 4.69) is 0 Å². The maximum absolute atomic E-state index is 13.5. The van der Waals surface area contributed by atoms with Crippen molar-refractivity contribution in [3.8, 4) is 0 Å². The molecule has 1 heterocycles. The van der Waals surface area contributed by atoms with Crippen molar-refractivity contribution in [3.63, 3.8) is 0 Å². The van der Waals surface area contributed by atoms with Crippen LogP contribution in [0.1, 0.15) is 37.3 Å². The highest BCUT2D eigenvalue weighted by atomic mass is 19.2. The highest BCUT2D eigenvalue weighted by Crippen LogP contribution is 2.32. The van der Waals surface area contributed by atoms with E-state index >= 15 is 0 Å². The van der Waals surface area contributed by atoms with Crippen molar-refractivity contribution < 1.29 is 18.7 Å². The highest BCUT2D eigenvalue weighted by Gasteiger charge is 2.22. The summed E-state index contributed by atoms with van der Waals surface area (Å²) in [6, 6.07) is 1.64. The van der Waals surface area contributed by atoms with Gasteiger partial charge in [-0.15, -0.1) is 0 Å². The van der Waals surface area contributed by atoms with E-state index in [9.17, 15) is 13.6 Å². The normalized spacial score (nSPS) is 16.4. The molecule has 0 bridgehead atoms.